The van der Waals surface area contributed by atoms with E-state index in [0.29, 0.717) is 100 Å². The summed E-state index contributed by atoms with van der Waals surface area (Å²) in [6, 6.07) is 8.75. The molecule has 13 heteroatoms. The molecule has 5 heterocycles. The number of fused-ring (bicyclic) bond motifs is 1. The molecule has 0 aliphatic carbocycles. The van der Waals surface area contributed by atoms with Crippen molar-refractivity contribution in [2.24, 2.45) is 5.92 Å². The van der Waals surface area contributed by atoms with Gasteiger partial charge >= 0.3 is 0 Å². The number of carbonyl (C=O) groups is 2. The number of ketones is 1. The van der Waals surface area contributed by atoms with Crippen LogP contribution in [0.25, 0.3) is 16.9 Å². The SMILES string of the molecule is CC(=O)N1CCC(C(=O)CN2CC(Nc3cc(-n4c(C(F)F)nc5ccccc54)nc(N4CCOCC4)n3)C2)CC1. The van der Waals surface area contributed by atoms with E-state index < -0.39 is 6.43 Å². The van der Waals surface area contributed by atoms with Crippen LogP contribution in [0.1, 0.15) is 32.0 Å². The summed E-state index contributed by atoms with van der Waals surface area (Å²) in [5, 5.41) is 3.43. The number of halogens is 2. The van der Waals surface area contributed by atoms with Gasteiger partial charge in [-0.25, -0.2) is 13.8 Å². The quantitative estimate of drug-likeness (QED) is 0.439. The molecule has 11 nitrogen and oxygen atoms in total. The van der Waals surface area contributed by atoms with Crippen molar-refractivity contribution in [3.63, 3.8) is 0 Å². The summed E-state index contributed by atoms with van der Waals surface area (Å²) in [7, 11) is 0. The molecule has 0 saturated carbocycles. The van der Waals surface area contributed by atoms with E-state index in [4.69, 9.17) is 14.7 Å². The van der Waals surface area contributed by atoms with Crippen LogP contribution in [0.3, 0.4) is 0 Å². The Labute approximate surface area is 236 Å². The van der Waals surface area contributed by atoms with Crippen LogP contribution in [0, 0.1) is 5.92 Å². The number of para-hydroxylation sites is 2. The number of ether oxygens (including phenoxy) is 1. The highest BCUT2D eigenvalue weighted by molar-refractivity contribution is 5.83. The van der Waals surface area contributed by atoms with Gasteiger partial charge in [-0.1, -0.05) is 12.1 Å². The van der Waals surface area contributed by atoms with E-state index in [0.717, 1.165) is 0 Å². The fourth-order valence-electron chi connectivity index (χ4n) is 5.81. The van der Waals surface area contributed by atoms with Gasteiger partial charge in [0.1, 0.15) is 17.4 Å². The van der Waals surface area contributed by atoms with Crippen molar-refractivity contribution in [3.05, 3.63) is 36.2 Å². The standard InChI is InChI=1S/C28H34F2N8O3/c1-18(39)36-8-6-19(7-9-36)23(40)17-35-15-20(16-35)31-24-14-25(34-28(33-24)37-10-12-41-13-11-37)38-22-5-3-2-4-21(22)32-27(38)26(29)30/h2-5,14,19-20,26H,6-13,15-17H2,1H3,(H,31,33,34). The number of anilines is 2. The van der Waals surface area contributed by atoms with E-state index >= 15 is 0 Å². The number of Topliss-reactive ketones (excluding diaryl/α,β-unsaturated/α-hetero) is 1. The zero-order valence-electron chi connectivity index (χ0n) is 23.0. The van der Waals surface area contributed by atoms with Gasteiger partial charge in [0.05, 0.1) is 36.8 Å². The minimum atomic E-state index is -2.78. The Morgan fingerprint density at radius 1 is 1.05 bits per heavy atom. The van der Waals surface area contributed by atoms with Crippen molar-refractivity contribution < 1.29 is 23.1 Å². The summed E-state index contributed by atoms with van der Waals surface area (Å²) in [5.74, 6) is 1.19. The molecule has 3 fully saturated rings. The third kappa shape index (κ3) is 5.87. The zero-order chi connectivity index (χ0) is 28.5. The predicted molar refractivity (Wildman–Crippen MR) is 148 cm³/mol. The number of hydrogen-bond acceptors (Lipinski definition) is 9. The minimum absolute atomic E-state index is 0.00727. The predicted octanol–water partition coefficient (Wildman–Crippen LogP) is 2.51. The van der Waals surface area contributed by atoms with Gasteiger partial charge in [-0.05, 0) is 25.0 Å². The largest absolute Gasteiger partial charge is 0.378 e. The van der Waals surface area contributed by atoms with Gasteiger partial charge in [-0.15, -0.1) is 0 Å². The Morgan fingerprint density at radius 2 is 1.78 bits per heavy atom. The second-order valence-corrected chi connectivity index (χ2v) is 10.9. The minimum Gasteiger partial charge on any atom is -0.378 e. The maximum atomic E-state index is 14.1. The molecule has 3 aromatic rings. The van der Waals surface area contributed by atoms with Crippen LogP contribution < -0.4 is 10.2 Å². The van der Waals surface area contributed by atoms with Crippen LogP contribution in [0.15, 0.2) is 30.3 Å². The molecular formula is C28H34F2N8O3. The number of nitrogens with one attached hydrogen (secondary N) is 1. The number of alkyl halides is 2. The fraction of sp³-hybridized carbons (Fsp3) is 0.536. The molecule has 1 amide bonds. The fourth-order valence-corrected chi connectivity index (χ4v) is 5.81. The van der Waals surface area contributed by atoms with Crippen LogP contribution in [0.5, 0.6) is 0 Å². The van der Waals surface area contributed by atoms with Gasteiger partial charge in [0, 0.05) is 58.2 Å². The first-order valence-electron chi connectivity index (χ1n) is 14.1. The van der Waals surface area contributed by atoms with Crippen molar-refractivity contribution in [2.45, 2.75) is 32.2 Å². The summed E-state index contributed by atoms with van der Waals surface area (Å²) in [6.45, 7) is 6.82. The van der Waals surface area contributed by atoms with Gasteiger partial charge in [-0.3, -0.25) is 19.1 Å². The van der Waals surface area contributed by atoms with Gasteiger partial charge in [0.2, 0.25) is 11.9 Å². The van der Waals surface area contributed by atoms with E-state index in [1.807, 2.05) is 4.90 Å². The zero-order valence-corrected chi connectivity index (χ0v) is 23.0. The summed E-state index contributed by atoms with van der Waals surface area (Å²) in [5.41, 5.74) is 1.01. The first-order valence-corrected chi connectivity index (χ1v) is 14.1. The topological polar surface area (TPSA) is 109 Å². The van der Waals surface area contributed by atoms with E-state index in [1.54, 1.807) is 42.2 Å². The summed E-state index contributed by atoms with van der Waals surface area (Å²) < 4.78 is 35.1. The molecule has 3 aliphatic rings. The molecule has 41 heavy (non-hydrogen) atoms. The van der Waals surface area contributed by atoms with E-state index in [2.05, 4.69) is 15.2 Å². The molecule has 0 bridgehead atoms. The molecule has 3 aliphatic heterocycles. The molecule has 6 rings (SSSR count). The molecule has 2 aromatic heterocycles. The lowest BCUT2D eigenvalue weighted by molar-refractivity contribution is -0.133. The number of piperidine rings is 1. The number of carbonyl (C=O) groups excluding carboxylic acids is 2. The highest BCUT2D eigenvalue weighted by atomic mass is 19.3. The maximum Gasteiger partial charge on any atom is 0.296 e. The van der Waals surface area contributed by atoms with Crippen molar-refractivity contribution in [2.75, 3.05) is 69.2 Å². The molecule has 1 N–H and O–H groups in total. The Kier molecular flexibility index (Phi) is 7.80. The van der Waals surface area contributed by atoms with Crippen LogP contribution in [-0.4, -0.2) is 106 Å². The molecular weight excluding hydrogens is 534 g/mol. The number of rotatable bonds is 8. The Hall–Kier alpha value is -3.71. The van der Waals surface area contributed by atoms with Crippen molar-refractivity contribution in [1.29, 1.82) is 0 Å². The molecule has 0 atom stereocenters. The summed E-state index contributed by atoms with van der Waals surface area (Å²) in [6.07, 6.45) is -1.36. The van der Waals surface area contributed by atoms with E-state index in [9.17, 15) is 18.4 Å². The third-order valence-corrected chi connectivity index (χ3v) is 8.09. The van der Waals surface area contributed by atoms with Gasteiger partial charge < -0.3 is 19.9 Å². The average Bonchev–Trinajstić information content (AvgIpc) is 3.36. The van der Waals surface area contributed by atoms with Crippen LogP contribution in [0.2, 0.25) is 0 Å². The Balaban J connectivity index is 1.18. The number of nitrogens with zero attached hydrogens (tertiary/aromatic N) is 7. The summed E-state index contributed by atoms with van der Waals surface area (Å²) >= 11 is 0. The number of likely N-dealkylation sites (tertiary alicyclic amines) is 2. The second kappa shape index (κ2) is 11.6. The molecule has 0 unspecified atom stereocenters. The number of morpholine rings is 1. The molecule has 218 valence electrons. The average molecular weight is 569 g/mol. The van der Waals surface area contributed by atoms with Crippen LogP contribution >= 0.6 is 0 Å². The number of hydrogen-bond donors (Lipinski definition) is 1. The smallest absolute Gasteiger partial charge is 0.296 e. The number of imidazole rings is 1. The van der Waals surface area contributed by atoms with Crippen LogP contribution in [0.4, 0.5) is 20.5 Å². The summed E-state index contributed by atoms with van der Waals surface area (Å²) in [4.78, 5) is 43.9. The monoisotopic (exact) mass is 568 g/mol. The van der Waals surface area contributed by atoms with Gasteiger partial charge in [-0.2, -0.15) is 9.97 Å². The molecule has 1 aromatic carbocycles. The lowest BCUT2D eigenvalue weighted by Crippen LogP contribution is -2.57. The lowest BCUT2D eigenvalue weighted by Gasteiger charge is -2.40. The first-order chi connectivity index (χ1) is 19.9. The van der Waals surface area contributed by atoms with Crippen molar-refractivity contribution >= 4 is 34.5 Å². The van der Waals surface area contributed by atoms with Crippen molar-refractivity contribution in [1.82, 2.24) is 29.3 Å². The van der Waals surface area contributed by atoms with Crippen molar-refractivity contribution in [3.8, 4) is 5.82 Å². The maximum absolute atomic E-state index is 14.1. The molecule has 3 saturated heterocycles. The van der Waals surface area contributed by atoms with E-state index in [1.165, 1.54) is 4.57 Å². The Morgan fingerprint density at radius 3 is 2.49 bits per heavy atom. The number of aromatic nitrogens is 4. The molecule has 0 radical (unpaired) electrons. The van der Waals surface area contributed by atoms with Gasteiger partial charge in [0.15, 0.2) is 5.82 Å². The Bertz CT molecular complexity index is 1410. The lowest BCUT2D eigenvalue weighted by atomic mass is 9.91. The number of amides is 1. The first kappa shape index (κ1) is 27.5. The second-order valence-electron chi connectivity index (χ2n) is 10.9. The third-order valence-electron chi connectivity index (χ3n) is 8.09. The highest BCUT2D eigenvalue weighted by Crippen LogP contribution is 2.29. The highest BCUT2D eigenvalue weighted by Gasteiger charge is 2.33. The van der Waals surface area contributed by atoms with E-state index in [-0.39, 0.29) is 29.5 Å². The molecule has 0 spiro atoms. The van der Waals surface area contributed by atoms with Gasteiger partial charge in [0.25, 0.3) is 6.43 Å². The van der Waals surface area contributed by atoms with Crippen LogP contribution in [-0.2, 0) is 14.3 Å². The normalized spacial score (nSPS) is 19.1. The number of benzene rings is 1.